The van der Waals surface area contributed by atoms with Gasteiger partial charge in [0, 0.05) is 18.2 Å². The zero-order chi connectivity index (χ0) is 20.5. The first-order valence-electron chi connectivity index (χ1n) is 9.93. The van der Waals surface area contributed by atoms with Gasteiger partial charge in [-0.05, 0) is 68.5 Å². The first kappa shape index (κ1) is 19.7. The van der Waals surface area contributed by atoms with E-state index < -0.39 is 5.25 Å². The van der Waals surface area contributed by atoms with Crippen LogP contribution in [-0.4, -0.2) is 33.2 Å². The van der Waals surface area contributed by atoms with Gasteiger partial charge in [-0.25, -0.2) is 4.99 Å². The van der Waals surface area contributed by atoms with Gasteiger partial charge in [-0.2, -0.15) is 0 Å². The summed E-state index contributed by atoms with van der Waals surface area (Å²) in [5.41, 5.74) is 4.87. The summed E-state index contributed by atoms with van der Waals surface area (Å²) >= 11 is 1.41. The lowest BCUT2D eigenvalue weighted by molar-refractivity contribution is -0.128. The first-order chi connectivity index (χ1) is 13.9. The second kappa shape index (κ2) is 8.03. The van der Waals surface area contributed by atoms with E-state index in [4.69, 9.17) is 4.99 Å². The van der Waals surface area contributed by atoms with Crippen molar-refractivity contribution < 1.29 is 9.59 Å². The Kier molecular flexibility index (Phi) is 5.46. The van der Waals surface area contributed by atoms with Crippen molar-refractivity contribution in [2.75, 3.05) is 5.32 Å². The topological polar surface area (TPSA) is 61.8 Å². The van der Waals surface area contributed by atoms with Gasteiger partial charge in [0.05, 0.1) is 5.69 Å². The molecule has 1 aliphatic carbocycles. The maximum absolute atomic E-state index is 13.0. The molecule has 5 nitrogen and oxygen atoms in total. The molecule has 2 amide bonds. The summed E-state index contributed by atoms with van der Waals surface area (Å²) in [7, 11) is 0. The number of amides is 2. The monoisotopic (exact) mass is 407 g/mol. The molecular formula is C23H25N3O2S. The average Bonchev–Trinajstić information content (AvgIpc) is 3.44. The molecule has 0 bridgehead atoms. The van der Waals surface area contributed by atoms with Crippen LogP contribution in [0.1, 0.15) is 36.0 Å². The van der Waals surface area contributed by atoms with Crippen LogP contribution in [0.15, 0.2) is 47.5 Å². The fraction of sp³-hybridized carbons (Fsp3) is 0.348. The van der Waals surface area contributed by atoms with E-state index in [1.54, 1.807) is 0 Å². The molecule has 2 aromatic carbocycles. The number of thioether (sulfide) groups is 1. The second-order valence-electron chi connectivity index (χ2n) is 7.85. The van der Waals surface area contributed by atoms with Crippen LogP contribution in [0.4, 0.5) is 11.4 Å². The zero-order valence-electron chi connectivity index (χ0n) is 16.9. The van der Waals surface area contributed by atoms with Crippen LogP contribution in [0.5, 0.6) is 0 Å². The number of aryl methyl sites for hydroxylation is 3. The number of nitrogens with one attached hydrogen (secondary N) is 1. The molecule has 29 heavy (non-hydrogen) atoms. The highest BCUT2D eigenvalue weighted by atomic mass is 32.2. The minimum atomic E-state index is -0.427. The van der Waals surface area contributed by atoms with Gasteiger partial charge in [0.15, 0.2) is 5.17 Å². The average molecular weight is 408 g/mol. The Morgan fingerprint density at radius 1 is 1.14 bits per heavy atom. The van der Waals surface area contributed by atoms with E-state index in [-0.39, 0.29) is 24.3 Å². The molecule has 1 aliphatic heterocycles. The normalized spacial score (nSPS) is 20.4. The van der Waals surface area contributed by atoms with Gasteiger partial charge in [0.25, 0.3) is 0 Å². The lowest BCUT2D eigenvalue weighted by Crippen LogP contribution is -2.35. The Labute approximate surface area is 175 Å². The Morgan fingerprint density at radius 3 is 2.62 bits per heavy atom. The van der Waals surface area contributed by atoms with E-state index in [1.807, 2.05) is 68.1 Å². The summed E-state index contributed by atoms with van der Waals surface area (Å²) in [4.78, 5) is 32.2. The van der Waals surface area contributed by atoms with Gasteiger partial charge >= 0.3 is 0 Å². The molecule has 6 heteroatoms. The second-order valence-corrected chi connectivity index (χ2v) is 9.02. The summed E-state index contributed by atoms with van der Waals surface area (Å²) in [6, 6.07) is 14.1. The number of rotatable bonds is 5. The number of carbonyl (C=O) groups is 2. The minimum absolute atomic E-state index is 0.0000160. The number of hydrogen-bond acceptors (Lipinski definition) is 4. The molecule has 1 heterocycles. The van der Waals surface area contributed by atoms with Crippen LogP contribution in [-0.2, 0) is 9.59 Å². The molecule has 2 aromatic rings. The number of nitrogens with zero attached hydrogens (tertiary/aromatic N) is 2. The van der Waals surface area contributed by atoms with E-state index in [0.717, 1.165) is 40.9 Å². The molecule has 1 N–H and O–H groups in total. The van der Waals surface area contributed by atoms with Gasteiger partial charge in [-0.3, -0.25) is 14.5 Å². The largest absolute Gasteiger partial charge is 0.326 e. The third kappa shape index (κ3) is 4.53. The van der Waals surface area contributed by atoms with Crippen LogP contribution < -0.4 is 5.32 Å². The maximum Gasteiger partial charge on any atom is 0.242 e. The SMILES string of the molecule is Cc1cccc(N=C2S[C@H](CC(=O)Nc3cc(C)ccc3C)C(=O)N2C2CC2)c1. The summed E-state index contributed by atoms with van der Waals surface area (Å²) in [6.45, 7) is 5.98. The van der Waals surface area contributed by atoms with E-state index in [1.165, 1.54) is 11.8 Å². The molecule has 2 fully saturated rings. The van der Waals surface area contributed by atoms with E-state index in [9.17, 15) is 9.59 Å². The Morgan fingerprint density at radius 2 is 1.90 bits per heavy atom. The molecule has 0 spiro atoms. The minimum Gasteiger partial charge on any atom is -0.326 e. The van der Waals surface area contributed by atoms with Crippen molar-refractivity contribution >= 4 is 40.1 Å². The van der Waals surface area contributed by atoms with E-state index in [2.05, 4.69) is 5.32 Å². The van der Waals surface area contributed by atoms with Crippen LogP contribution in [0.25, 0.3) is 0 Å². The molecule has 2 aliphatic rings. The molecule has 0 aromatic heterocycles. The Balaban J connectivity index is 1.50. The van der Waals surface area contributed by atoms with Crippen LogP contribution in [0.2, 0.25) is 0 Å². The molecule has 150 valence electrons. The van der Waals surface area contributed by atoms with Crippen molar-refractivity contribution in [3.8, 4) is 0 Å². The highest BCUT2D eigenvalue weighted by Gasteiger charge is 2.46. The smallest absolute Gasteiger partial charge is 0.242 e. The number of benzene rings is 2. The van der Waals surface area contributed by atoms with Crippen LogP contribution in [0.3, 0.4) is 0 Å². The third-order valence-electron chi connectivity index (χ3n) is 5.14. The predicted molar refractivity (Wildman–Crippen MR) is 119 cm³/mol. The molecule has 0 unspecified atom stereocenters. The standard InChI is InChI=1S/C23H25N3O2S/c1-14-5-4-6-17(11-14)24-23-26(18-9-10-18)22(28)20(29-23)13-21(27)25-19-12-15(2)7-8-16(19)3/h4-8,11-12,18,20H,9-10,13H2,1-3H3,(H,25,27)/t20-/m1/s1. The Bertz CT molecular complexity index is 997. The van der Waals surface area contributed by atoms with Crippen molar-refractivity contribution in [3.63, 3.8) is 0 Å². The number of carbonyl (C=O) groups excluding carboxylic acids is 2. The van der Waals surface area contributed by atoms with Crippen LogP contribution >= 0.6 is 11.8 Å². The van der Waals surface area contributed by atoms with E-state index in [0.29, 0.717) is 5.17 Å². The Hall–Kier alpha value is -2.60. The molecule has 0 radical (unpaired) electrons. The highest BCUT2D eigenvalue weighted by Crippen LogP contribution is 2.39. The fourth-order valence-electron chi connectivity index (χ4n) is 3.41. The van der Waals surface area contributed by atoms with Crippen molar-refractivity contribution in [3.05, 3.63) is 59.2 Å². The van der Waals surface area contributed by atoms with Gasteiger partial charge in [0.2, 0.25) is 11.8 Å². The highest BCUT2D eigenvalue weighted by molar-refractivity contribution is 8.15. The predicted octanol–water partition coefficient (Wildman–Crippen LogP) is 4.73. The molecular weight excluding hydrogens is 382 g/mol. The van der Waals surface area contributed by atoms with Gasteiger partial charge in [-0.15, -0.1) is 0 Å². The van der Waals surface area contributed by atoms with Gasteiger partial charge in [-0.1, -0.05) is 36.0 Å². The number of hydrogen-bond donors (Lipinski definition) is 1. The lowest BCUT2D eigenvalue weighted by Gasteiger charge is -2.15. The fourth-order valence-corrected chi connectivity index (χ4v) is 4.62. The van der Waals surface area contributed by atoms with Crippen LogP contribution in [0, 0.1) is 20.8 Å². The van der Waals surface area contributed by atoms with Gasteiger partial charge in [0.1, 0.15) is 5.25 Å². The molecule has 1 saturated heterocycles. The number of aliphatic imine (C=N–C) groups is 1. The van der Waals surface area contributed by atoms with Crippen molar-refractivity contribution in [1.29, 1.82) is 0 Å². The quantitative estimate of drug-likeness (QED) is 0.779. The van der Waals surface area contributed by atoms with Crippen molar-refractivity contribution in [2.24, 2.45) is 4.99 Å². The lowest BCUT2D eigenvalue weighted by atomic mass is 10.1. The summed E-state index contributed by atoms with van der Waals surface area (Å²) < 4.78 is 0. The third-order valence-corrected chi connectivity index (χ3v) is 6.29. The molecule has 1 saturated carbocycles. The first-order valence-corrected chi connectivity index (χ1v) is 10.8. The van der Waals surface area contributed by atoms with Crippen molar-refractivity contribution in [2.45, 2.75) is 51.3 Å². The summed E-state index contributed by atoms with van der Waals surface area (Å²) in [5, 5.41) is 3.26. The number of amidine groups is 1. The molecule has 4 rings (SSSR count). The summed E-state index contributed by atoms with van der Waals surface area (Å²) in [6.07, 6.45) is 2.15. The summed E-state index contributed by atoms with van der Waals surface area (Å²) in [5.74, 6) is -0.142. The van der Waals surface area contributed by atoms with Crippen molar-refractivity contribution in [1.82, 2.24) is 4.90 Å². The van der Waals surface area contributed by atoms with Gasteiger partial charge < -0.3 is 5.32 Å². The molecule has 1 atom stereocenters. The maximum atomic E-state index is 13.0. The van der Waals surface area contributed by atoms with E-state index >= 15 is 0 Å². The zero-order valence-corrected chi connectivity index (χ0v) is 17.8. The number of anilines is 1.